The minimum atomic E-state index is -4.79. The summed E-state index contributed by atoms with van der Waals surface area (Å²) in [6.07, 6.45) is -8.28. The summed E-state index contributed by atoms with van der Waals surface area (Å²) in [5.41, 5.74) is -2.22. The number of halogens is 4. The summed E-state index contributed by atoms with van der Waals surface area (Å²) in [6.45, 7) is -0.160. The Morgan fingerprint density at radius 2 is 1.89 bits per heavy atom. The number of alkyl halides is 3. The normalized spacial score (nSPS) is 15.5. The topological polar surface area (TPSA) is 52.5 Å². The molecule has 0 saturated heterocycles. The average molecular weight is 267 g/mol. The van der Waals surface area contributed by atoms with E-state index in [2.05, 4.69) is 5.32 Å². The highest BCUT2D eigenvalue weighted by molar-refractivity contribution is 5.33. The highest BCUT2D eigenvalue weighted by atomic mass is 19.4. The summed E-state index contributed by atoms with van der Waals surface area (Å²) in [5.74, 6) is -1.20. The lowest BCUT2D eigenvalue weighted by atomic mass is 9.97. The first-order valence-electron chi connectivity index (χ1n) is 5.15. The van der Waals surface area contributed by atoms with Crippen molar-refractivity contribution < 1.29 is 27.8 Å². The number of rotatable bonds is 4. The second-order valence-corrected chi connectivity index (χ2v) is 3.77. The molecular formula is C11H13F4NO2. The molecule has 1 rings (SSSR count). The molecule has 7 heteroatoms. The lowest BCUT2D eigenvalue weighted by molar-refractivity contribution is -0.140. The van der Waals surface area contributed by atoms with Crippen molar-refractivity contribution >= 4 is 0 Å². The molecule has 1 aromatic rings. The highest BCUT2D eigenvalue weighted by Crippen LogP contribution is 2.36. The number of hydrogen-bond donors (Lipinski definition) is 3. The lowest BCUT2D eigenvalue weighted by Gasteiger charge is -2.22. The Kier molecular flexibility index (Phi) is 4.66. The van der Waals surface area contributed by atoms with Gasteiger partial charge in [-0.25, -0.2) is 4.39 Å². The number of hydrogen-bond acceptors (Lipinski definition) is 3. The molecule has 0 radical (unpaired) electrons. The number of nitrogens with one attached hydrogen (secondary N) is 1. The number of likely N-dealkylation sites (N-methyl/N-ethyl adjacent to an activating group) is 1. The van der Waals surface area contributed by atoms with E-state index in [1.54, 1.807) is 0 Å². The number of aliphatic hydroxyl groups excluding tert-OH is 2. The van der Waals surface area contributed by atoms with Crippen molar-refractivity contribution in [2.75, 3.05) is 13.6 Å². The third kappa shape index (κ3) is 3.18. The smallest absolute Gasteiger partial charge is 0.389 e. The van der Waals surface area contributed by atoms with Crippen molar-refractivity contribution in [1.82, 2.24) is 5.32 Å². The molecule has 0 saturated carbocycles. The first-order valence-corrected chi connectivity index (χ1v) is 5.15. The van der Waals surface area contributed by atoms with Crippen LogP contribution in [0.5, 0.6) is 0 Å². The summed E-state index contributed by atoms with van der Waals surface area (Å²) in [4.78, 5) is 0. The van der Waals surface area contributed by atoms with Crippen LogP contribution in [0.25, 0.3) is 0 Å². The van der Waals surface area contributed by atoms with Crippen LogP contribution in [-0.4, -0.2) is 29.9 Å². The molecule has 0 aromatic heterocycles. The molecule has 3 nitrogen and oxygen atoms in total. The van der Waals surface area contributed by atoms with E-state index in [0.717, 1.165) is 12.1 Å². The maximum absolute atomic E-state index is 13.4. The minimum Gasteiger partial charge on any atom is -0.389 e. The van der Waals surface area contributed by atoms with Crippen LogP contribution in [0.4, 0.5) is 17.6 Å². The van der Waals surface area contributed by atoms with Gasteiger partial charge in [-0.15, -0.1) is 0 Å². The first kappa shape index (κ1) is 14.9. The maximum atomic E-state index is 13.4. The molecule has 0 amide bonds. The zero-order chi connectivity index (χ0) is 13.9. The highest BCUT2D eigenvalue weighted by Gasteiger charge is 2.37. The Morgan fingerprint density at radius 1 is 1.28 bits per heavy atom. The quantitative estimate of drug-likeness (QED) is 0.724. The van der Waals surface area contributed by atoms with Gasteiger partial charge in [-0.2, -0.15) is 13.2 Å². The van der Waals surface area contributed by atoms with Crippen molar-refractivity contribution in [2.45, 2.75) is 18.4 Å². The molecule has 18 heavy (non-hydrogen) atoms. The standard InChI is InChI=1S/C11H13F4NO2/c1-16-5-8(17)10(18)9-6(11(13,14)15)3-2-4-7(9)12/h2-4,8,10,16-18H,5H2,1H3. The van der Waals surface area contributed by atoms with Gasteiger partial charge in [0.1, 0.15) is 11.9 Å². The predicted molar refractivity (Wildman–Crippen MR) is 56.3 cm³/mol. The van der Waals surface area contributed by atoms with E-state index >= 15 is 0 Å². The number of benzene rings is 1. The molecule has 0 fully saturated rings. The van der Waals surface area contributed by atoms with E-state index in [1.807, 2.05) is 0 Å². The van der Waals surface area contributed by atoms with Crippen molar-refractivity contribution in [3.05, 3.63) is 35.1 Å². The predicted octanol–water partition coefficient (Wildman–Crippen LogP) is 1.46. The van der Waals surface area contributed by atoms with E-state index in [4.69, 9.17) is 0 Å². The molecule has 0 bridgehead atoms. The summed E-state index contributed by atoms with van der Waals surface area (Å²) >= 11 is 0. The zero-order valence-corrected chi connectivity index (χ0v) is 9.50. The van der Waals surface area contributed by atoms with Crippen LogP contribution in [0, 0.1) is 5.82 Å². The van der Waals surface area contributed by atoms with Crippen LogP contribution in [0.3, 0.4) is 0 Å². The first-order chi connectivity index (χ1) is 8.29. The summed E-state index contributed by atoms with van der Waals surface area (Å²) in [6, 6.07) is 2.37. The van der Waals surface area contributed by atoms with Crippen LogP contribution >= 0.6 is 0 Å². The molecule has 3 N–H and O–H groups in total. The fourth-order valence-electron chi connectivity index (χ4n) is 1.60. The van der Waals surface area contributed by atoms with Crippen molar-refractivity contribution in [3.63, 3.8) is 0 Å². The van der Waals surface area contributed by atoms with Crippen LogP contribution in [0.1, 0.15) is 17.2 Å². The molecule has 102 valence electrons. The van der Waals surface area contributed by atoms with Gasteiger partial charge in [-0.1, -0.05) is 6.07 Å². The maximum Gasteiger partial charge on any atom is 0.416 e. The van der Waals surface area contributed by atoms with Gasteiger partial charge in [0.05, 0.1) is 11.7 Å². The lowest BCUT2D eigenvalue weighted by Crippen LogP contribution is -2.31. The monoisotopic (exact) mass is 267 g/mol. The minimum absolute atomic E-state index is 0.160. The molecule has 2 unspecified atom stereocenters. The Labute approximate surface area is 101 Å². The van der Waals surface area contributed by atoms with Gasteiger partial charge in [-0.3, -0.25) is 0 Å². The molecule has 0 aliphatic carbocycles. The van der Waals surface area contributed by atoms with Gasteiger partial charge in [0, 0.05) is 12.1 Å². The van der Waals surface area contributed by atoms with Gasteiger partial charge < -0.3 is 15.5 Å². The molecule has 0 heterocycles. The summed E-state index contributed by atoms with van der Waals surface area (Å²) in [7, 11) is 1.45. The number of aliphatic hydroxyl groups is 2. The van der Waals surface area contributed by atoms with E-state index < -0.39 is 35.3 Å². The van der Waals surface area contributed by atoms with E-state index in [0.29, 0.717) is 6.07 Å². The van der Waals surface area contributed by atoms with Crippen molar-refractivity contribution in [2.24, 2.45) is 0 Å². The van der Waals surface area contributed by atoms with E-state index in [1.165, 1.54) is 7.05 Å². The second kappa shape index (κ2) is 5.64. The van der Waals surface area contributed by atoms with Crippen LogP contribution in [0.2, 0.25) is 0 Å². The van der Waals surface area contributed by atoms with Crippen molar-refractivity contribution in [1.29, 1.82) is 0 Å². The van der Waals surface area contributed by atoms with Crippen LogP contribution in [-0.2, 0) is 6.18 Å². The largest absolute Gasteiger partial charge is 0.416 e. The molecule has 0 aliphatic rings. The Hall–Kier alpha value is -1.18. The molecule has 0 aliphatic heterocycles. The third-order valence-electron chi connectivity index (χ3n) is 2.43. The summed E-state index contributed by atoms with van der Waals surface area (Å²) < 4.78 is 51.4. The van der Waals surface area contributed by atoms with Crippen molar-refractivity contribution in [3.8, 4) is 0 Å². The zero-order valence-electron chi connectivity index (χ0n) is 9.50. The fourth-order valence-corrected chi connectivity index (χ4v) is 1.60. The SMILES string of the molecule is CNCC(O)C(O)c1c(F)cccc1C(F)(F)F. The fraction of sp³-hybridized carbons (Fsp3) is 0.455. The van der Waals surface area contributed by atoms with Gasteiger partial charge in [0.2, 0.25) is 0 Å². The summed E-state index contributed by atoms with van der Waals surface area (Å²) in [5, 5.41) is 21.5. The molecule has 0 spiro atoms. The van der Waals surface area contributed by atoms with Crippen LogP contribution < -0.4 is 5.32 Å². The third-order valence-corrected chi connectivity index (χ3v) is 2.43. The van der Waals surface area contributed by atoms with Gasteiger partial charge >= 0.3 is 6.18 Å². The molecule has 1 aromatic carbocycles. The Bertz CT molecular complexity index is 409. The van der Waals surface area contributed by atoms with Gasteiger partial charge in [-0.05, 0) is 19.2 Å². The Balaban J connectivity index is 3.22. The van der Waals surface area contributed by atoms with E-state index in [-0.39, 0.29) is 6.54 Å². The Morgan fingerprint density at radius 3 is 2.39 bits per heavy atom. The second-order valence-electron chi connectivity index (χ2n) is 3.77. The molecular weight excluding hydrogens is 254 g/mol. The van der Waals surface area contributed by atoms with Crippen LogP contribution in [0.15, 0.2) is 18.2 Å². The van der Waals surface area contributed by atoms with Gasteiger partial charge in [0.15, 0.2) is 0 Å². The van der Waals surface area contributed by atoms with E-state index in [9.17, 15) is 27.8 Å². The average Bonchev–Trinajstić information content (AvgIpc) is 2.27. The van der Waals surface area contributed by atoms with Gasteiger partial charge in [0.25, 0.3) is 0 Å². The molecule has 2 atom stereocenters.